The molecule has 1 atom stereocenters. The third kappa shape index (κ3) is 15.7. The molecule has 0 radical (unpaired) electrons. The molecule has 0 aliphatic rings. The van der Waals surface area contributed by atoms with Gasteiger partial charge in [-0.15, -0.1) is 0 Å². The summed E-state index contributed by atoms with van der Waals surface area (Å²) in [7, 11) is 0. The molecule has 1 unspecified atom stereocenters. The summed E-state index contributed by atoms with van der Waals surface area (Å²) in [6, 6.07) is 0. The van der Waals surface area contributed by atoms with E-state index in [9.17, 15) is 0 Å². The van der Waals surface area contributed by atoms with Gasteiger partial charge < -0.3 is 8.53 Å². The molecular formula is C20H43AlO2. The highest BCUT2D eigenvalue weighted by atomic mass is 27.2. The average molecular weight is 343 g/mol. The van der Waals surface area contributed by atoms with E-state index in [0.717, 1.165) is 19.4 Å². The molecule has 0 rings (SSSR count). The molecular weight excluding hydrogens is 299 g/mol. The number of hydrogen-bond donors (Lipinski definition) is 0. The normalized spacial score (nSPS) is 12.5. The summed E-state index contributed by atoms with van der Waals surface area (Å²) >= 11 is -1.06. The first-order chi connectivity index (χ1) is 11.3. The molecule has 0 fully saturated rings. The molecule has 3 heteroatoms. The van der Waals surface area contributed by atoms with Gasteiger partial charge in [-0.2, -0.15) is 0 Å². The molecule has 0 aromatic rings. The van der Waals surface area contributed by atoms with Crippen molar-refractivity contribution < 1.29 is 8.53 Å². The van der Waals surface area contributed by atoms with Gasteiger partial charge in [0, 0.05) is 6.61 Å². The maximum absolute atomic E-state index is 6.46. The summed E-state index contributed by atoms with van der Waals surface area (Å²) in [6.07, 6.45) is 15.5. The fourth-order valence-corrected chi connectivity index (χ4v) is 5.81. The summed E-state index contributed by atoms with van der Waals surface area (Å²) in [4.78, 5) is 0. The summed E-state index contributed by atoms with van der Waals surface area (Å²) in [6.45, 7) is 9.96. The Morgan fingerprint density at radius 1 is 0.652 bits per heavy atom. The summed E-state index contributed by atoms with van der Waals surface area (Å²) in [5.74, 6) is 0. The van der Waals surface area contributed by atoms with E-state index >= 15 is 0 Å². The second kappa shape index (κ2) is 18.8. The number of ether oxygens (including phenoxy) is 1. The minimum Gasteiger partial charge on any atom is -0.478 e. The smallest absolute Gasteiger partial charge is 0.462 e. The molecule has 0 amide bonds. The molecule has 23 heavy (non-hydrogen) atoms. The molecule has 0 heterocycles. The van der Waals surface area contributed by atoms with Gasteiger partial charge in [-0.3, -0.25) is 0 Å². The van der Waals surface area contributed by atoms with E-state index in [1.54, 1.807) is 0 Å². The Kier molecular flexibility index (Phi) is 19.2. The monoisotopic (exact) mass is 342 g/mol. The fourth-order valence-electron chi connectivity index (χ4n) is 2.88. The maximum atomic E-state index is 6.46. The van der Waals surface area contributed by atoms with E-state index in [-0.39, 0.29) is 6.29 Å². The zero-order valence-corrected chi connectivity index (χ0v) is 17.7. The van der Waals surface area contributed by atoms with Crippen molar-refractivity contribution in [1.82, 2.24) is 0 Å². The minimum atomic E-state index is -1.06. The van der Waals surface area contributed by atoms with Gasteiger partial charge in [0.05, 0.1) is 0 Å². The Balaban J connectivity index is 3.98. The lowest BCUT2D eigenvalue weighted by molar-refractivity contribution is -0.0889. The lowest BCUT2D eigenvalue weighted by Gasteiger charge is -2.23. The molecule has 0 aromatic heterocycles. The van der Waals surface area contributed by atoms with Gasteiger partial charge in [0.15, 0.2) is 0 Å². The number of rotatable bonds is 18. The fraction of sp³-hybridized carbons (Fsp3) is 1.00. The molecule has 2 nitrogen and oxygen atoms in total. The molecule has 0 aliphatic carbocycles. The van der Waals surface area contributed by atoms with E-state index in [2.05, 4.69) is 27.7 Å². The summed E-state index contributed by atoms with van der Waals surface area (Å²) in [5.41, 5.74) is 0. The largest absolute Gasteiger partial charge is 0.478 e. The Morgan fingerprint density at radius 3 is 1.78 bits per heavy atom. The van der Waals surface area contributed by atoms with Gasteiger partial charge in [-0.25, -0.2) is 0 Å². The second-order valence-electron chi connectivity index (χ2n) is 6.90. The predicted molar refractivity (Wildman–Crippen MR) is 104 cm³/mol. The van der Waals surface area contributed by atoms with Crippen LogP contribution >= 0.6 is 0 Å². The Morgan fingerprint density at radius 2 is 1.22 bits per heavy atom. The van der Waals surface area contributed by atoms with Crippen LogP contribution in [0.2, 0.25) is 10.6 Å². The Bertz CT molecular complexity index is 216. The van der Waals surface area contributed by atoms with Crippen LogP contribution in [0.1, 0.15) is 105 Å². The van der Waals surface area contributed by atoms with Gasteiger partial charge in [0.25, 0.3) is 0 Å². The van der Waals surface area contributed by atoms with Gasteiger partial charge in [0.1, 0.15) is 6.29 Å². The SMILES string of the molecule is CCCCCCCCOC(CCC)[O][Al]([CH2]CCC)[CH2]CCC. The first kappa shape index (κ1) is 23.5. The topological polar surface area (TPSA) is 18.5 Å². The van der Waals surface area contributed by atoms with Crippen molar-refractivity contribution in [1.29, 1.82) is 0 Å². The van der Waals surface area contributed by atoms with E-state index in [4.69, 9.17) is 8.53 Å². The van der Waals surface area contributed by atoms with Gasteiger partial charge in [0.2, 0.25) is 0 Å². The van der Waals surface area contributed by atoms with E-state index in [0.29, 0.717) is 0 Å². The standard InChI is InChI=1S/C12H25O2.2C4H9.Al/c1-3-5-6-7-8-9-11-14-12(13)10-4-2;2*1-3-4-2;/h12H,3-11H2,1-2H3;2*1,3-4H2,2H3;/q-1;;;+1. The van der Waals surface area contributed by atoms with E-state index in [1.807, 2.05) is 0 Å². The van der Waals surface area contributed by atoms with Gasteiger partial charge in [-0.05, 0) is 12.8 Å². The first-order valence-electron chi connectivity index (χ1n) is 10.5. The maximum Gasteiger partial charge on any atom is 0.462 e. The van der Waals surface area contributed by atoms with Crippen LogP contribution in [0.15, 0.2) is 0 Å². The molecule has 0 aliphatic heterocycles. The van der Waals surface area contributed by atoms with Crippen molar-refractivity contribution in [2.24, 2.45) is 0 Å². The Hall–Kier alpha value is 0.452. The first-order valence-corrected chi connectivity index (χ1v) is 12.7. The quantitative estimate of drug-likeness (QED) is 0.150. The Labute approximate surface area is 151 Å². The van der Waals surface area contributed by atoms with E-state index in [1.165, 1.54) is 74.8 Å². The molecule has 0 N–H and O–H groups in total. The van der Waals surface area contributed by atoms with Gasteiger partial charge >= 0.3 is 14.5 Å². The highest BCUT2D eigenvalue weighted by Crippen LogP contribution is 2.16. The molecule has 0 spiro atoms. The number of hydrogen-bond acceptors (Lipinski definition) is 2. The van der Waals surface area contributed by atoms with Crippen LogP contribution in [-0.4, -0.2) is 27.4 Å². The van der Waals surface area contributed by atoms with Crippen LogP contribution in [0, 0.1) is 0 Å². The zero-order chi connectivity index (χ0) is 17.2. The molecule has 0 bridgehead atoms. The predicted octanol–water partition coefficient (Wildman–Crippen LogP) is 7.10. The summed E-state index contributed by atoms with van der Waals surface area (Å²) in [5, 5.41) is 2.66. The highest BCUT2D eigenvalue weighted by Gasteiger charge is 2.23. The van der Waals surface area contributed by atoms with Crippen LogP contribution in [0.25, 0.3) is 0 Å². The average Bonchev–Trinajstić information content (AvgIpc) is 2.56. The lowest BCUT2D eigenvalue weighted by atomic mass is 10.1. The van der Waals surface area contributed by atoms with Crippen molar-refractivity contribution in [3.05, 3.63) is 0 Å². The van der Waals surface area contributed by atoms with Gasteiger partial charge in [-0.1, -0.05) is 102 Å². The van der Waals surface area contributed by atoms with Crippen molar-refractivity contribution in [3.8, 4) is 0 Å². The van der Waals surface area contributed by atoms with Crippen molar-refractivity contribution >= 4 is 14.5 Å². The van der Waals surface area contributed by atoms with Crippen LogP contribution in [-0.2, 0) is 8.53 Å². The minimum absolute atomic E-state index is 0.0843. The van der Waals surface area contributed by atoms with E-state index < -0.39 is 14.5 Å². The molecule has 0 aromatic carbocycles. The van der Waals surface area contributed by atoms with Crippen molar-refractivity contribution in [3.63, 3.8) is 0 Å². The second-order valence-corrected chi connectivity index (χ2v) is 9.57. The van der Waals surface area contributed by atoms with Crippen LogP contribution in [0.4, 0.5) is 0 Å². The van der Waals surface area contributed by atoms with Crippen LogP contribution < -0.4 is 0 Å². The van der Waals surface area contributed by atoms with Crippen molar-refractivity contribution in [2.75, 3.05) is 6.61 Å². The van der Waals surface area contributed by atoms with Crippen LogP contribution in [0.3, 0.4) is 0 Å². The van der Waals surface area contributed by atoms with Crippen molar-refractivity contribution in [2.45, 2.75) is 122 Å². The zero-order valence-electron chi connectivity index (χ0n) is 16.6. The third-order valence-electron chi connectivity index (χ3n) is 4.43. The lowest BCUT2D eigenvalue weighted by Crippen LogP contribution is -2.28. The third-order valence-corrected chi connectivity index (χ3v) is 7.22. The number of unbranched alkanes of at least 4 members (excludes halogenated alkanes) is 7. The molecule has 0 saturated heterocycles. The summed E-state index contributed by atoms with van der Waals surface area (Å²) < 4.78 is 12.5. The molecule has 138 valence electrons. The van der Waals surface area contributed by atoms with Crippen LogP contribution in [0.5, 0.6) is 0 Å². The molecule has 0 saturated carbocycles. The highest BCUT2D eigenvalue weighted by molar-refractivity contribution is 6.51.